The Morgan fingerprint density at radius 1 is 1.60 bits per heavy atom. The number of ether oxygens (including phenoxy) is 1. The molecule has 0 rings (SSSR count). The molecule has 0 aliphatic carbocycles. The molecule has 0 saturated heterocycles. The fourth-order valence-electron chi connectivity index (χ4n) is 0.324. The van der Waals surface area contributed by atoms with Gasteiger partial charge >= 0.3 is 6.03 Å². The first-order valence-electron chi connectivity index (χ1n) is 3.09. The van der Waals surface area contributed by atoms with E-state index in [1.807, 2.05) is 20.8 Å². The molecule has 0 aromatic heterocycles. The third-order valence-electron chi connectivity index (χ3n) is 0.752. The van der Waals surface area contributed by atoms with Gasteiger partial charge in [0.2, 0.25) is 0 Å². The van der Waals surface area contributed by atoms with Gasteiger partial charge in [0.05, 0.1) is 5.60 Å². The molecule has 2 amide bonds. The average molecular weight is 146 g/mol. The number of urea groups is 1. The van der Waals surface area contributed by atoms with E-state index in [-0.39, 0.29) is 12.3 Å². The summed E-state index contributed by atoms with van der Waals surface area (Å²) < 4.78 is 5.13. The van der Waals surface area contributed by atoms with E-state index in [2.05, 4.69) is 5.32 Å². The lowest BCUT2D eigenvalue weighted by Gasteiger charge is -2.18. The Morgan fingerprint density at radius 2 is 2.10 bits per heavy atom. The van der Waals surface area contributed by atoms with Gasteiger partial charge < -0.3 is 15.8 Å². The summed E-state index contributed by atoms with van der Waals surface area (Å²) in [6.45, 7) is 5.86. The van der Waals surface area contributed by atoms with Crippen molar-refractivity contribution in [1.29, 1.82) is 0 Å². The summed E-state index contributed by atoms with van der Waals surface area (Å²) in [6, 6.07) is -0.566. The number of carbonyl (C=O) groups is 1. The number of primary amides is 1. The van der Waals surface area contributed by atoms with Gasteiger partial charge in [0.25, 0.3) is 0 Å². The van der Waals surface area contributed by atoms with Crippen molar-refractivity contribution in [2.75, 3.05) is 6.73 Å². The van der Waals surface area contributed by atoms with Crippen molar-refractivity contribution in [2.45, 2.75) is 26.4 Å². The Morgan fingerprint density at radius 3 is 2.40 bits per heavy atom. The molecule has 10 heavy (non-hydrogen) atoms. The van der Waals surface area contributed by atoms with Crippen LogP contribution in [0.3, 0.4) is 0 Å². The summed E-state index contributed by atoms with van der Waals surface area (Å²) in [5.41, 5.74) is 4.56. The van der Waals surface area contributed by atoms with Crippen molar-refractivity contribution in [2.24, 2.45) is 5.73 Å². The van der Waals surface area contributed by atoms with Crippen molar-refractivity contribution in [3.63, 3.8) is 0 Å². The average Bonchev–Trinajstić information content (AvgIpc) is 1.59. The first-order valence-corrected chi connectivity index (χ1v) is 3.09. The number of nitrogens with two attached hydrogens (primary N) is 1. The molecule has 0 bridgehead atoms. The van der Waals surface area contributed by atoms with Crippen molar-refractivity contribution in [3.8, 4) is 0 Å². The molecule has 0 saturated carbocycles. The Balaban J connectivity index is 3.29. The highest BCUT2D eigenvalue weighted by molar-refractivity contribution is 5.71. The maximum absolute atomic E-state index is 10.1. The fraction of sp³-hybridized carbons (Fsp3) is 0.833. The van der Waals surface area contributed by atoms with Crippen LogP contribution in [0.15, 0.2) is 0 Å². The van der Waals surface area contributed by atoms with Crippen LogP contribution in [0.4, 0.5) is 4.79 Å². The molecular formula is C6H14N2O2. The van der Waals surface area contributed by atoms with E-state index < -0.39 is 6.03 Å². The zero-order chi connectivity index (χ0) is 8.20. The lowest BCUT2D eigenvalue weighted by Crippen LogP contribution is -2.35. The van der Waals surface area contributed by atoms with Gasteiger partial charge in [0.1, 0.15) is 6.73 Å². The molecule has 0 fully saturated rings. The minimum Gasteiger partial charge on any atom is -0.356 e. The summed E-state index contributed by atoms with van der Waals surface area (Å²) in [7, 11) is 0. The van der Waals surface area contributed by atoms with Gasteiger partial charge in [0, 0.05) is 0 Å². The van der Waals surface area contributed by atoms with Gasteiger partial charge in [-0.25, -0.2) is 4.79 Å². The lowest BCUT2D eigenvalue weighted by atomic mass is 10.2. The summed E-state index contributed by atoms with van der Waals surface area (Å²) in [4.78, 5) is 10.1. The third-order valence-corrected chi connectivity index (χ3v) is 0.752. The van der Waals surface area contributed by atoms with E-state index in [9.17, 15) is 4.79 Å². The first-order chi connectivity index (χ1) is 4.42. The fourth-order valence-corrected chi connectivity index (χ4v) is 0.324. The van der Waals surface area contributed by atoms with Crippen LogP contribution in [0.2, 0.25) is 0 Å². The number of hydrogen-bond donors (Lipinski definition) is 2. The van der Waals surface area contributed by atoms with Crippen LogP contribution in [0.25, 0.3) is 0 Å². The summed E-state index contributed by atoms with van der Waals surface area (Å²) in [5.74, 6) is 0. The second-order valence-electron chi connectivity index (χ2n) is 2.94. The second kappa shape index (κ2) is 3.41. The number of carbonyl (C=O) groups excluding carboxylic acids is 1. The van der Waals surface area contributed by atoms with Gasteiger partial charge in [-0.1, -0.05) is 0 Å². The standard InChI is InChI=1S/C6H14N2O2/c1-6(2,3)10-4-8-5(7)9/h4H2,1-3H3,(H3,7,8,9). The summed E-state index contributed by atoms with van der Waals surface area (Å²) >= 11 is 0. The molecule has 0 unspecified atom stereocenters. The molecule has 0 aliphatic heterocycles. The SMILES string of the molecule is CC(C)(C)OCNC(N)=O. The molecule has 0 aliphatic rings. The number of amides is 2. The van der Waals surface area contributed by atoms with Crippen LogP contribution >= 0.6 is 0 Å². The summed E-state index contributed by atoms with van der Waals surface area (Å²) in [5, 5.41) is 2.32. The Hall–Kier alpha value is -0.770. The number of rotatable bonds is 2. The van der Waals surface area contributed by atoms with E-state index in [1.54, 1.807) is 0 Å². The smallest absolute Gasteiger partial charge is 0.313 e. The predicted octanol–water partition coefficient (Wildman–Crippen LogP) is 0.427. The molecular weight excluding hydrogens is 132 g/mol. The third kappa shape index (κ3) is 7.23. The van der Waals surface area contributed by atoms with E-state index in [4.69, 9.17) is 10.5 Å². The van der Waals surface area contributed by atoms with Crippen molar-refractivity contribution in [3.05, 3.63) is 0 Å². The zero-order valence-electron chi connectivity index (χ0n) is 6.60. The van der Waals surface area contributed by atoms with E-state index in [0.29, 0.717) is 0 Å². The predicted molar refractivity (Wildman–Crippen MR) is 38.4 cm³/mol. The molecule has 0 spiro atoms. The second-order valence-corrected chi connectivity index (χ2v) is 2.94. The molecule has 0 aromatic rings. The molecule has 4 heteroatoms. The Kier molecular flexibility index (Phi) is 3.15. The monoisotopic (exact) mass is 146 g/mol. The molecule has 0 heterocycles. The quantitative estimate of drug-likeness (QED) is 0.555. The van der Waals surface area contributed by atoms with Crippen molar-refractivity contribution >= 4 is 6.03 Å². The van der Waals surface area contributed by atoms with E-state index in [0.717, 1.165) is 0 Å². The molecule has 3 N–H and O–H groups in total. The zero-order valence-corrected chi connectivity index (χ0v) is 6.60. The molecule has 0 aromatic carbocycles. The van der Waals surface area contributed by atoms with Crippen LogP contribution in [-0.4, -0.2) is 18.4 Å². The minimum absolute atomic E-state index is 0.166. The molecule has 0 atom stereocenters. The van der Waals surface area contributed by atoms with Crippen LogP contribution in [0, 0.1) is 0 Å². The van der Waals surface area contributed by atoms with Crippen LogP contribution in [-0.2, 0) is 4.74 Å². The highest BCUT2D eigenvalue weighted by Gasteiger charge is 2.08. The maximum Gasteiger partial charge on any atom is 0.313 e. The number of hydrogen-bond acceptors (Lipinski definition) is 2. The van der Waals surface area contributed by atoms with Gasteiger partial charge in [0.15, 0.2) is 0 Å². The topological polar surface area (TPSA) is 64.3 Å². The van der Waals surface area contributed by atoms with Crippen LogP contribution in [0.1, 0.15) is 20.8 Å². The highest BCUT2D eigenvalue weighted by atomic mass is 16.5. The van der Waals surface area contributed by atoms with Gasteiger partial charge in [-0.3, -0.25) is 0 Å². The van der Waals surface area contributed by atoms with Gasteiger partial charge in [-0.05, 0) is 20.8 Å². The highest BCUT2D eigenvalue weighted by Crippen LogP contribution is 2.04. The molecule has 4 nitrogen and oxygen atoms in total. The molecule has 60 valence electrons. The van der Waals surface area contributed by atoms with Crippen molar-refractivity contribution < 1.29 is 9.53 Å². The maximum atomic E-state index is 10.1. The van der Waals surface area contributed by atoms with Gasteiger partial charge in [-0.2, -0.15) is 0 Å². The number of nitrogens with one attached hydrogen (secondary N) is 1. The summed E-state index contributed by atoms with van der Waals surface area (Å²) in [6.07, 6.45) is 0. The van der Waals surface area contributed by atoms with Crippen LogP contribution < -0.4 is 11.1 Å². The van der Waals surface area contributed by atoms with Crippen LogP contribution in [0.5, 0.6) is 0 Å². The Labute approximate surface area is 60.7 Å². The van der Waals surface area contributed by atoms with Gasteiger partial charge in [-0.15, -0.1) is 0 Å². The van der Waals surface area contributed by atoms with E-state index >= 15 is 0 Å². The minimum atomic E-state index is -0.566. The van der Waals surface area contributed by atoms with E-state index in [1.165, 1.54) is 0 Å². The normalized spacial score (nSPS) is 11.1. The first kappa shape index (κ1) is 9.23. The molecule has 0 radical (unpaired) electrons. The lowest BCUT2D eigenvalue weighted by molar-refractivity contribution is -0.00834. The Bertz CT molecular complexity index is 117. The largest absolute Gasteiger partial charge is 0.356 e. The van der Waals surface area contributed by atoms with Crippen molar-refractivity contribution in [1.82, 2.24) is 5.32 Å².